The number of halogens is 3. The molecule has 0 saturated heterocycles. The van der Waals surface area contributed by atoms with Gasteiger partial charge in [-0.3, -0.25) is 0 Å². The minimum Gasteiger partial charge on any atom is -0.390 e. The van der Waals surface area contributed by atoms with Crippen molar-refractivity contribution in [2.45, 2.75) is 25.3 Å². The Morgan fingerprint density at radius 3 is 2.71 bits per heavy atom. The van der Waals surface area contributed by atoms with Gasteiger partial charge >= 0.3 is 0 Å². The number of benzene rings is 1. The highest BCUT2D eigenvalue weighted by Crippen LogP contribution is 2.22. The van der Waals surface area contributed by atoms with Gasteiger partial charge in [-0.25, -0.2) is 8.78 Å². The maximum Gasteiger partial charge on any atom is 0.282 e. The zero-order valence-corrected chi connectivity index (χ0v) is 11.2. The maximum atomic E-state index is 12.9. The zero-order valence-electron chi connectivity index (χ0n) is 9.59. The van der Waals surface area contributed by atoms with Gasteiger partial charge in [-0.1, -0.05) is 35.0 Å². The molecule has 96 valence electrons. The van der Waals surface area contributed by atoms with Gasteiger partial charge in [-0.2, -0.15) is 0 Å². The van der Waals surface area contributed by atoms with Crippen LogP contribution in [-0.2, 0) is 0 Å². The monoisotopic (exact) mass is 307 g/mol. The quantitative estimate of drug-likeness (QED) is 0.846. The highest BCUT2D eigenvalue weighted by atomic mass is 79.9. The molecule has 0 fully saturated rings. The van der Waals surface area contributed by atoms with Crippen molar-refractivity contribution >= 4 is 15.9 Å². The summed E-state index contributed by atoms with van der Waals surface area (Å²) in [6, 6.07) is 7.42. The van der Waals surface area contributed by atoms with Crippen LogP contribution in [0.1, 0.15) is 24.9 Å². The summed E-state index contributed by atoms with van der Waals surface area (Å²) in [7, 11) is 0. The number of aliphatic hydroxyl groups is 1. The first-order chi connectivity index (χ1) is 7.98. The van der Waals surface area contributed by atoms with E-state index in [9.17, 15) is 8.78 Å². The van der Waals surface area contributed by atoms with Crippen molar-refractivity contribution in [1.82, 2.24) is 5.32 Å². The van der Waals surface area contributed by atoms with E-state index >= 15 is 0 Å². The molecule has 0 spiro atoms. The Labute approximate surface area is 108 Å². The van der Waals surface area contributed by atoms with Crippen LogP contribution in [0.2, 0.25) is 0 Å². The predicted octanol–water partition coefficient (Wildman–Crippen LogP) is 3.12. The Morgan fingerprint density at radius 2 is 2.18 bits per heavy atom. The van der Waals surface area contributed by atoms with Gasteiger partial charge in [0.1, 0.15) is 6.61 Å². The highest BCUT2D eigenvalue weighted by Gasteiger charge is 2.28. The lowest BCUT2D eigenvalue weighted by atomic mass is 10.0. The molecule has 0 amide bonds. The molecule has 0 aliphatic carbocycles. The SMILES string of the molecule is CCC(NCC(F)(F)CO)c1cccc(Br)c1. The van der Waals surface area contributed by atoms with Gasteiger partial charge in [0.15, 0.2) is 0 Å². The van der Waals surface area contributed by atoms with Crippen LogP contribution < -0.4 is 5.32 Å². The Balaban J connectivity index is 2.66. The van der Waals surface area contributed by atoms with Gasteiger partial charge in [-0.15, -0.1) is 0 Å². The van der Waals surface area contributed by atoms with E-state index < -0.39 is 19.1 Å². The average Bonchev–Trinajstić information content (AvgIpc) is 2.30. The van der Waals surface area contributed by atoms with Crippen molar-refractivity contribution in [3.05, 3.63) is 34.3 Å². The van der Waals surface area contributed by atoms with E-state index in [2.05, 4.69) is 21.2 Å². The van der Waals surface area contributed by atoms with E-state index in [0.29, 0.717) is 6.42 Å². The summed E-state index contributed by atoms with van der Waals surface area (Å²) < 4.78 is 26.8. The van der Waals surface area contributed by atoms with Crippen molar-refractivity contribution in [2.75, 3.05) is 13.2 Å². The molecule has 0 saturated carbocycles. The van der Waals surface area contributed by atoms with E-state index in [1.54, 1.807) is 0 Å². The number of nitrogens with one attached hydrogen (secondary N) is 1. The fourth-order valence-corrected chi connectivity index (χ4v) is 1.97. The lowest BCUT2D eigenvalue weighted by molar-refractivity contribution is -0.0494. The molecule has 1 unspecified atom stereocenters. The van der Waals surface area contributed by atoms with Crippen LogP contribution in [0.5, 0.6) is 0 Å². The number of alkyl halides is 2. The molecule has 5 heteroatoms. The summed E-state index contributed by atoms with van der Waals surface area (Å²) in [4.78, 5) is 0. The summed E-state index contributed by atoms with van der Waals surface area (Å²) in [6.45, 7) is 0.277. The van der Waals surface area contributed by atoms with Crippen LogP contribution in [0.15, 0.2) is 28.7 Å². The van der Waals surface area contributed by atoms with Crippen molar-refractivity contribution < 1.29 is 13.9 Å². The lowest BCUT2D eigenvalue weighted by Crippen LogP contribution is -2.37. The molecule has 1 aromatic carbocycles. The average molecular weight is 308 g/mol. The van der Waals surface area contributed by atoms with Crippen LogP contribution in [0.3, 0.4) is 0 Å². The first kappa shape index (κ1) is 14.5. The van der Waals surface area contributed by atoms with Gasteiger partial charge in [0.05, 0.1) is 6.54 Å². The molecule has 1 rings (SSSR count). The normalized spacial score (nSPS) is 13.7. The predicted molar refractivity (Wildman–Crippen MR) is 67.2 cm³/mol. The largest absolute Gasteiger partial charge is 0.390 e. The van der Waals surface area contributed by atoms with Crippen LogP contribution in [0.25, 0.3) is 0 Å². The van der Waals surface area contributed by atoms with Crippen LogP contribution in [-0.4, -0.2) is 24.2 Å². The van der Waals surface area contributed by atoms with Crippen LogP contribution in [0.4, 0.5) is 8.78 Å². The van der Waals surface area contributed by atoms with Crippen molar-refractivity contribution in [2.24, 2.45) is 0 Å². The van der Waals surface area contributed by atoms with E-state index in [-0.39, 0.29) is 6.04 Å². The molecule has 0 radical (unpaired) electrons. The smallest absolute Gasteiger partial charge is 0.282 e. The van der Waals surface area contributed by atoms with Gasteiger partial charge in [-0.05, 0) is 24.1 Å². The second kappa shape index (κ2) is 6.42. The summed E-state index contributed by atoms with van der Waals surface area (Å²) in [5.74, 6) is -3.07. The summed E-state index contributed by atoms with van der Waals surface area (Å²) in [5.41, 5.74) is 0.954. The van der Waals surface area contributed by atoms with Gasteiger partial charge in [0, 0.05) is 10.5 Å². The molecule has 0 bridgehead atoms. The molecule has 0 aliphatic heterocycles. The van der Waals surface area contributed by atoms with E-state index in [0.717, 1.165) is 10.0 Å². The highest BCUT2D eigenvalue weighted by molar-refractivity contribution is 9.10. The molecule has 0 heterocycles. The Morgan fingerprint density at radius 1 is 1.47 bits per heavy atom. The summed E-state index contributed by atoms with van der Waals surface area (Å²) >= 11 is 3.35. The molecule has 2 nitrogen and oxygen atoms in total. The number of rotatable bonds is 6. The number of aliphatic hydroxyl groups excluding tert-OH is 1. The third-order valence-electron chi connectivity index (χ3n) is 2.50. The van der Waals surface area contributed by atoms with Crippen LogP contribution >= 0.6 is 15.9 Å². The lowest BCUT2D eigenvalue weighted by Gasteiger charge is -2.21. The molecule has 0 aliphatic rings. The first-order valence-corrected chi connectivity index (χ1v) is 6.25. The molecular weight excluding hydrogens is 292 g/mol. The number of hydrogen-bond acceptors (Lipinski definition) is 2. The van der Waals surface area contributed by atoms with Crippen molar-refractivity contribution in [1.29, 1.82) is 0 Å². The van der Waals surface area contributed by atoms with E-state index in [1.807, 2.05) is 31.2 Å². The van der Waals surface area contributed by atoms with E-state index in [1.165, 1.54) is 0 Å². The fourth-order valence-electron chi connectivity index (χ4n) is 1.55. The summed E-state index contributed by atoms with van der Waals surface area (Å²) in [5, 5.41) is 11.3. The molecule has 0 aromatic heterocycles. The zero-order chi connectivity index (χ0) is 12.9. The van der Waals surface area contributed by atoms with E-state index in [4.69, 9.17) is 5.11 Å². The van der Waals surface area contributed by atoms with Crippen LogP contribution in [0, 0.1) is 0 Å². The topological polar surface area (TPSA) is 32.3 Å². The number of hydrogen-bond donors (Lipinski definition) is 2. The maximum absolute atomic E-state index is 12.9. The van der Waals surface area contributed by atoms with Gasteiger partial charge in [0.2, 0.25) is 0 Å². The molecule has 1 atom stereocenters. The second-order valence-electron chi connectivity index (χ2n) is 3.91. The molecule has 2 N–H and O–H groups in total. The Kier molecular flexibility index (Phi) is 5.49. The van der Waals surface area contributed by atoms with Crippen molar-refractivity contribution in [3.8, 4) is 0 Å². The van der Waals surface area contributed by atoms with Gasteiger partial charge in [0.25, 0.3) is 5.92 Å². The Hall–Kier alpha value is -0.520. The van der Waals surface area contributed by atoms with Gasteiger partial charge < -0.3 is 10.4 Å². The first-order valence-electron chi connectivity index (χ1n) is 5.46. The molecule has 17 heavy (non-hydrogen) atoms. The summed E-state index contributed by atoms with van der Waals surface area (Å²) in [6.07, 6.45) is 0.706. The third-order valence-corrected chi connectivity index (χ3v) is 2.99. The van der Waals surface area contributed by atoms with Crippen molar-refractivity contribution in [3.63, 3.8) is 0 Å². The minimum atomic E-state index is -3.07. The fraction of sp³-hybridized carbons (Fsp3) is 0.500. The molecular formula is C12H16BrF2NO. The molecule has 1 aromatic rings. The minimum absolute atomic E-state index is 0.134. The Bertz CT molecular complexity index is 360. The third kappa shape index (κ3) is 4.69. The standard InChI is InChI=1S/C12H16BrF2NO/c1-2-11(16-7-12(14,15)8-17)9-4-3-5-10(13)6-9/h3-6,11,16-17H,2,7-8H2,1H3. The second-order valence-corrected chi connectivity index (χ2v) is 4.83.